The molecule has 0 bridgehead atoms. The van der Waals surface area contributed by atoms with Gasteiger partial charge in [0.05, 0.1) is 6.54 Å². The molecule has 1 aromatic heterocycles. The number of nitrogens with one attached hydrogen (secondary N) is 1. The highest BCUT2D eigenvalue weighted by Gasteiger charge is 2.35. The lowest BCUT2D eigenvalue weighted by atomic mass is 10.0. The zero-order valence-corrected chi connectivity index (χ0v) is 13.1. The van der Waals surface area contributed by atoms with Gasteiger partial charge in [-0.2, -0.15) is 0 Å². The number of rotatable bonds is 5. The number of nitrogens with zero attached hydrogens (tertiary/aromatic N) is 3. The first-order chi connectivity index (χ1) is 10.1. The molecule has 2 aliphatic rings. The zero-order chi connectivity index (χ0) is 14.8. The summed E-state index contributed by atoms with van der Waals surface area (Å²) in [5, 5.41) is 0. The number of hydrogen-bond donors (Lipinski definition) is 1. The highest BCUT2D eigenvalue weighted by atomic mass is 16.2. The summed E-state index contributed by atoms with van der Waals surface area (Å²) >= 11 is 0. The molecule has 1 amide bonds. The van der Waals surface area contributed by atoms with Crippen molar-refractivity contribution >= 4 is 5.91 Å². The molecule has 3 rings (SSSR count). The second-order valence-electron chi connectivity index (χ2n) is 6.82. The van der Waals surface area contributed by atoms with E-state index >= 15 is 0 Å². The molecular formula is C16H26N4O. The van der Waals surface area contributed by atoms with Gasteiger partial charge in [0.25, 0.3) is 0 Å². The molecule has 1 atom stereocenters. The Kier molecular flexibility index (Phi) is 4.29. The first kappa shape index (κ1) is 14.6. The normalized spacial score (nSPS) is 24.6. The lowest BCUT2D eigenvalue weighted by Gasteiger charge is -2.34. The number of aromatic amines is 1. The largest absolute Gasteiger partial charge is 0.348 e. The SMILES string of the molecule is CC(C)C1CN(Cc2ncc[nH]2)CCC(=O)N1CC1CC1. The van der Waals surface area contributed by atoms with Crippen LogP contribution < -0.4 is 0 Å². The molecule has 1 N–H and O–H groups in total. The van der Waals surface area contributed by atoms with E-state index in [9.17, 15) is 4.79 Å². The maximum absolute atomic E-state index is 12.5. The fourth-order valence-corrected chi connectivity index (χ4v) is 3.16. The van der Waals surface area contributed by atoms with E-state index in [0.717, 1.165) is 37.9 Å². The van der Waals surface area contributed by atoms with Crippen LogP contribution >= 0.6 is 0 Å². The number of H-pyrrole nitrogens is 1. The van der Waals surface area contributed by atoms with Crippen molar-refractivity contribution in [2.45, 2.75) is 45.7 Å². The van der Waals surface area contributed by atoms with Gasteiger partial charge in [0.15, 0.2) is 0 Å². The maximum Gasteiger partial charge on any atom is 0.224 e. The molecular weight excluding hydrogens is 264 g/mol. The number of aromatic nitrogens is 2. The second-order valence-corrected chi connectivity index (χ2v) is 6.82. The summed E-state index contributed by atoms with van der Waals surface area (Å²) < 4.78 is 0. The number of carbonyl (C=O) groups is 1. The molecule has 116 valence electrons. The average Bonchev–Trinajstić information content (AvgIpc) is 3.15. The molecule has 1 aromatic rings. The molecule has 2 heterocycles. The van der Waals surface area contributed by atoms with E-state index in [4.69, 9.17) is 0 Å². The van der Waals surface area contributed by atoms with Crippen LogP contribution in [0.3, 0.4) is 0 Å². The predicted molar refractivity (Wildman–Crippen MR) is 81.5 cm³/mol. The standard InChI is InChI=1S/C16H26N4O/c1-12(2)14-10-19(11-15-17-6-7-18-15)8-5-16(21)20(14)9-13-3-4-13/h6-7,12-14H,3-5,8-11H2,1-2H3,(H,17,18). The van der Waals surface area contributed by atoms with Gasteiger partial charge in [-0.15, -0.1) is 0 Å². The minimum Gasteiger partial charge on any atom is -0.348 e. The van der Waals surface area contributed by atoms with Gasteiger partial charge in [-0.05, 0) is 24.7 Å². The van der Waals surface area contributed by atoms with Crippen molar-refractivity contribution in [3.8, 4) is 0 Å². The summed E-state index contributed by atoms with van der Waals surface area (Å²) in [5.41, 5.74) is 0. The van der Waals surface area contributed by atoms with E-state index in [0.29, 0.717) is 24.3 Å². The van der Waals surface area contributed by atoms with Crippen molar-refractivity contribution in [3.63, 3.8) is 0 Å². The molecule has 0 radical (unpaired) electrons. The number of amides is 1. The summed E-state index contributed by atoms with van der Waals surface area (Å²) in [6.07, 6.45) is 6.88. The van der Waals surface area contributed by atoms with Gasteiger partial charge in [0.2, 0.25) is 5.91 Å². The van der Waals surface area contributed by atoms with Crippen molar-refractivity contribution in [2.24, 2.45) is 11.8 Å². The second kappa shape index (κ2) is 6.18. The topological polar surface area (TPSA) is 52.2 Å². The van der Waals surface area contributed by atoms with Gasteiger partial charge < -0.3 is 9.88 Å². The van der Waals surface area contributed by atoms with E-state index in [1.165, 1.54) is 12.8 Å². The Morgan fingerprint density at radius 1 is 1.43 bits per heavy atom. The van der Waals surface area contributed by atoms with Crippen LogP contribution in [0.2, 0.25) is 0 Å². The Labute approximate surface area is 126 Å². The summed E-state index contributed by atoms with van der Waals surface area (Å²) in [5.74, 6) is 2.57. The van der Waals surface area contributed by atoms with Gasteiger partial charge in [-0.3, -0.25) is 9.69 Å². The fourth-order valence-electron chi connectivity index (χ4n) is 3.16. The van der Waals surface area contributed by atoms with Crippen LogP contribution in [0, 0.1) is 11.8 Å². The first-order valence-corrected chi connectivity index (χ1v) is 8.13. The van der Waals surface area contributed by atoms with Crippen LogP contribution in [0.1, 0.15) is 38.9 Å². The number of hydrogen-bond acceptors (Lipinski definition) is 3. The Morgan fingerprint density at radius 3 is 2.86 bits per heavy atom. The minimum absolute atomic E-state index is 0.329. The molecule has 5 heteroatoms. The molecule has 21 heavy (non-hydrogen) atoms. The minimum atomic E-state index is 0.329. The molecule has 1 unspecified atom stereocenters. The smallest absolute Gasteiger partial charge is 0.224 e. The van der Waals surface area contributed by atoms with E-state index < -0.39 is 0 Å². The lowest BCUT2D eigenvalue weighted by molar-refractivity contribution is -0.133. The van der Waals surface area contributed by atoms with Crippen molar-refractivity contribution in [2.75, 3.05) is 19.6 Å². The Hall–Kier alpha value is -1.36. The van der Waals surface area contributed by atoms with E-state index in [1.54, 1.807) is 6.20 Å². The summed E-state index contributed by atoms with van der Waals surface area (Å²) in [7, 11) is 0. The van der Waals surface area contributed by atoms with Crippen LogP contribution in [0.25, 0.3) is 0 Å². The molecule has 5 nitrogen and oxygen atoms in total. The van der Waals surface area contributed by atoms with Crippen molar-refractivity contribution in [3.05, 3.63) is 18.2 Å². The third kappa shape index (κ3) is 3.64. The van der Waals surface area contributed by atoms with Gasteiger partial charge in [0.1, 0.15) is 5.82 Å². The third-order valence-electron chi connectivity index (χ3n) is 4.66. The van der Waals surface area contributed by atoms with Crippen LogP contribution in [-0.2, 0) is 11.3 Å². The third-order valence-corrected chi connectivity index (χ3v) is 4.66. The number of imidazole rings is 1. The molecule has 2 fully saturated rings. The highest BCUT2D eigenvalue weighted by Crippen LogP contribution is 2.32. The van der Waals surface area contributed by atoms with Crippen molar-refractivity contribution in [1.82, 2.24) is 19.8 Å². The first-order valence-electron chi connectivity index (χ1n) is 8.13. The zero-order valence-electron chi connectivity index (χ0n) is 13.1. The Balaban J connectivity index is 1.70. The Morgan fingerprint density at radius 2 is 2.24 bits per heavy atom. The number of carbonyl (C=O) groups excluding carboxylic acids is 1. The predicted octanol–water partition coefficient (Wildman–Crippen LogP) is 1.88. The molecule has 1 aliphatic heterocycles. The Bertz CT molecular complexity index is 467. The van der Waals surface area contributed by atoms with Crippen LogP contribution in [0.15, 0.2) is 12.4 Å². The average molecular weight is 290 g/mol. The van der Waals surface area contributed by atoms with Crippen LogP contribution in [0.4, 0.5) is 0 Å². The highest BCUT2D eigenvalue weighted by molar-refractivity contribution is 5.77. The summed E-state index contributed by atoms with van der Waals surface area (Å²) in [4.78, 5) is 24.5. The monoisotopic (exact) mass is 290 g/mol. The fraction of sp³-hybridized carbons (Fsp3) is 0.750. The summed E-state index contributed by atoms with van der Waals surface area (Å²) in [6.45, 7) is 8.03. The quantitative estimate of drug-likeness (QED) is 0.901. The molecule has 1 aliphatic carbocycles. The van der Waals surface area contributed by atoms with E-state index in [-0.39, 0.29) is 0 Å². The molecule has 1 saturated heterocycles. The van der Waals surface area contributed by atoms with E-state index in [2.05, 4.69) is 33.6 Å². The van der Waals surface area contributed by atoms with E-state index in [1.807, 2.05) is 6.20 Å². The summed E-state index contributed by atoms with van der Waals surface area (Å²) in [6, 6.07) is 0.329. The maximum atomic E-state index is 12.5. The molecule has 0 aromatic carbocycles. The van der Waals surface area contributed by atoms with Crippen LogP contribution in [-0.4, -0.2) is 51.4 Å². The molecule has 0 spiro atoms. The lowest BCUT2D eigenvalue weighted by Crippen LogP contribution is -2.47. The molecule has 1 saturated carbocycles. The van der Waals surface area contributed by atoms with Crippen molar-refractivity contribution < 1.29 is 4.79 Å². The van der Waals surface area contributed by atoms with Gasteiger partial charge in [-0.25, -0.2) is 4.98 Å². The van der Waals surface area contributed by atoms with Crippen LogP contribution in [0.5, 0.6) is 0 Å². The van der Waals surface area contributed by atoms with Gasteiger partial charge in [0, 0.05) is 44.5 Å². The van der Waals surface area contributed by atoms with Gasteiger partial charge >= 0.3 is 0 Å². The van der Waals surface area contributed by atoms with Gasteiger partial charge in [-0.1, -0.05) is 13.8 Å². The van der Waals surface area contributed by atoms with Crippen molar-refractivity contribution in [1.29, 1.82) is 0 Å².